The first-order valence-corrected chi connectivity index (χ1v) is 7.64. The minimum atomic E-state index is -0.0636. The van der Waals surface area contributed by atoms with Crippen molar-refractivity contribution in [1.29, 1.82) is 0 Å². The lowest BCUT2D eigenvalue weighted by Gasteiger charge is -2.11. The quantitative estimate of drug-likeness (QED) is 0.687. The number of amides is 1. The highest BCUT2D eigenvalue weighted by Crippen LogP contribution is 2.17. The van der Waals surface area contributed by atoms with Gasteiger partial charge in [0, 0.05) is 38.1 Å². The molecule has 0 saturated carbocycles. The van der Waals surface area contributed by atoms with E-state index in [0.717, 1.165) is 31.0 Å². The second-order valence-corrected chi connectivity index (χ2v) is 5.29. The van der Waals surface area contributed by atoms with Gasteiger partial charge in [-0.3, -0.25) is 4.79 Å². The van der Waals surface area contributed by atoms with Crippen LogP contribution >= 0.6 is 0 Å². The Bertz CT molecular complexity index is 447. The molecule has 0 aliphatic rings. The third kappa shape index (κ3) is 6.12. The van der Waals surface area contributed by atoms with Crippen LogP contribution in [0.3, 0.4) is 0 Å². The maximum absolute atomic E-state index is 12.2. The van der Waals surface area contributed by atoms with Gasteiger partial charge in [0.25, 0.3) is 5.91 Å². The van der Waals surface area contributed by atoms with Crippen LogP contribution in [0.15, 0.2) is 12.1 Å². The molecule has 1 aromatic heterocycles. The Balaban J connectivity index is 2.55. The summed E-state index contributed by atoms with van der Waals surface area (Å²) in [5.74, 6) is 0.941. The Morgan fingerprint density at radius 2 is 2.10 bits per heavy atom. The third-order valence-electron chi connectivity index (χ3n) is 3.05. The Hall–Kier alpha value is -1.62. The minimum absolute atomic E-state index is 0.0636. The smallest absolute Gasteiger partial charge is 0.251 e. The van der Waals surface area contributed by atoms with E-state index in [-0.39, 0.29) is 11.8 Å². The lowest BCUT2D eigenvalue weighted by atomic mass is 10.1. The highest BCUT2D eigenvalue weighted by atomic mass is 16.5. The molecule has 5 heteroatoms. The minimum Gasteiger partial charge on any atom is -0.381 e. The predicted molar refractivity (Wildman–Crippen MR) is 85.9 cm³/mol. The van der Waals surface area contributed by atoms with Crippen molar-refractivity contribution in [3.05, 3.63) is 23.4 Å². The van der Waals surface area contributed by atoms with Gasteiger partial charge >= 0.3 is 0 Å². The van der Waals surface area contributed by atoms with Gasteiger partial charge in [0.1, 0.15) is 5.82 Å². The number of carbonyl (C=O) groups is 1. The molecule has 0 aromatic carbocycles. The van der Waals surface area contributed by atoms with E-state index in [1.54, 1.807) is 13.1 Å². The van der Waals surface area contributed by atoms with Crippen LogP contribution in [-0.2, 0) is 4.74 Å². The molecule has 1 aromatic rings. The van der Waals surface area contributed by atoms with Crippen molar-refractivity contribution in [2.45, 2.75) is 39.5 Å². The van der Waals surface area contributed by atoms with Crippen LogP contribution in [0.25, 0.3) is 0 Å². The van der Waals surface area contributed by atoms with Crippen LogP contribution < -0.4 is 10.6 Å². The van der Waals surface area contributed by atoms with Crippen molar-refractivity contribution in [2.75, 3.05) is 32.1 Å². The molecular weight excluding hydrogens is 266 g/mol. The molecule has 0 atom stereocenters. The summed E-state index contributed by atoms with van der Waals surface area (Å²) < 4.78 is 5.39. The molecule has 1 heterocycles. The highest BCUT2D eigenvalue weighted by molar-refractivity contribution is 5.95. The molecule has 118 valence electrons. The fraction of sp³-hybridized carbons (Fsp3) is 0.625. The predicted octanol–water partition coefficient (Wildman–Crippen LogP) is 2.79. The summed E-state index contributed by atoms with van der Waals surface area (Å²) in [7, 11) is 1.80. The number of anilines is 1. The van der Waals surface area contributed by atoms with Crippen molar-refractivity contribution in [2.24, 2.45) is 0 Å². The van der Waals surface area contributed by atoms with E-state index >= 15 is 0 Å². The first kappa shape index (κ1) is 17.4. The summed E-state index contributed by atoms with van der Waals surface area (Å²) in [6.07, 6.45) is 1.85. The Labute approximate surface area is 127 Å². The van der Waals surface area contributed by atoms with E-state index in [1.165, 1.54) is 0 Å². The number of nitrogens with zero attached hydrogens (tertiary/aromatic N) is 1. The number of rotatable bonds is 9. The summed E-state index contributed by atoms with van der Waals surface area (Å²) in [5.41, 5.74) is 1.56. The molecule has 21 heavy (non-hydrogen) atoms. The lowest BCUT2D eigenvalue weighted by Crippen LogP contribution is -2.25. The first-order chi connectivity index (χ1) is 10.1. The molecule has 2 N–H and O–H groups in total. The van der Waals surface area contributed by atoms with Crippen LogP contribution in [-0.4, -0.2) is 37.7 Å². The van der Waals surface area contributed by atoms with Crippen LogP contribution in [0.4, 0.5) is 5.82 Å². The number of aromatic nitrogens is 1. The average Bonchev–Trinajstić information content (AvgIpc) is 2.49. The standard InChI is InChI=1S/C16H27N3O2/c1-5-8-21-9-6-7-18-16(20)13-10-14(12(2)3)19-15(11-13)17-4/h10-12H,5-9H2,1-4H3,(H,17,19)(H,18,20). The van der Waals surface area contributed by atoms with E-state index in [9.17, 15) is 4.79 Å². The van der Waals surface area contributed by atoms with Crippen molar-refractivity contribution in [1.82, 2.24) is 10.3 Å². The maximum atomic E-state index is 12.2. The van der Waals surface area contributed by atoms with E-state index in [0.29, 0.717) is 18.7 Å². The van der Waals surface area contributed by atoms with E-state index < -0.39 is 0 Å². The van der Waals surface area contributed by atoms with Crippen molar-refractivity contribution < 1.29 is 9.53 Å². The zero-order valence-corrected chi connectivity index (χ0v) is 13.5. The fourth-order valence-corrected chi connectivity index (χ4v) is 1.83. The maximum Gasteiger partial charge on any atom is 0.251 e. The summed E-state index contributed by atoms with van der Waals surface area (Å²) in [4.78, 5) is 16.6. The number of pyridine rings is 1. The molecule has 1 rings (SSSR count). The molecule has 0 aliphatic carbocycles. The molecule has 5 nitrogen and oxygen atoms in total. The molecule has 0 aliphatic heterocycles. The zero-order valence-electron chi connectivity index (χ0n) is 13.5. The van der Waals surface area contributed by atoms with Crippen LogP contribution in [0.1, 0.15) is 55.6 Å². The fourth-order valence-electron chi connectivity index (χ4n) is 1.83. The molecule has 1 amide bonds. The largest absolute Gasteiger partial charge is 0.381 e. The van der Waals surface area contributed by atoms with Gasteiger partial charge in [0.2, 0.25) is 0 Å². The second kappa shape index (κ2) is 9.34. The highest BCUT2D eigenvalue weighted by Gasteiger charge is 2.11. The van der Waals surface area contributed by atoms with Crippen molar-refractivity contribution in [3.63, 3.8) is 0 Å². The van der Waals surface area contributed by atoms with Crippen molar-refractivity contribution >= 4 is 11.7 Å². The van der Waals surface area contributed by atoms with Crippen LogP contribution in [0.5, 0.6) is 0 Å². The number of ether oxygens (including phenoxy) is 1. The topological polar surface area (TPSA) is 63.2 Å². The number of carbonyl (C=O) groups excluding carboxylic acids is 1. The Kier molecular flexibility index (Phi) is 7.75. The van der Waals surface area contributed by atoms with E-state index in [1.807, 2.05) is 6.07 Å². The third-order valence-corrected chi connectivity index (χ3v) is 3.05. The summed E-state index contributed by atoms with van der Waals surface area (Å²) in [6.45, 7) is 8.29. The molecule has 0 saturated heterocycles. The molecule has 0 spiro atoms. The summed E-state index contributed by atoms with van der Waals surface area (Å²) >= 11 is 0. The van der Waals surface area contributed by atoms with Gasteiger partial charge < -0.3 is 15.4 Å². The summed E-state index contributed by atoms with van der Waals surface area (Å²) in [6, 6.07) is 3.63. The molecule has 0 fully saturated rings. The van der Waals surface area contributed by atoms with Gasteiger partial charge in [-0.15, -0.1) is 0 Å². The second-order valence-electron chi connectivity index (χ2n) is 5.29. The Morgan fingerprint density at radius 3 is 2.71 bits per heavy atom. The molecular formula is C16H27N3O2. The van der Waals surface area contributed by atoms with E-state index in [4.69, 9.17) is 4.74 Å². The van der Waals surface area contributed by atoms with Gasteiger partial charge in [-0.05, 0) is 30.9 Å². The van der Waals surface area contributed by atoms with Gasteiger partial charge in [-0.25, -0.2) is 4.98 Å². The number of hydrogen-bond donors (Lipinski definition) is 2. The van der Waals surface area contributed by atoms with Gasteiger partial charge in [0.15, 0.2) is 0 Å². The number of hydrogen-bond acceptors (Lipinski definition) is 4. The monoisotopic (exact) mass is 293 g/mol. The van der Waals surface area contributed by atoms with Crippen LogP contribution in [0, 0.1) is 0 Å². The van der Waals surface area contributed by atoms with Gasteiger partial charge in [-0.2, -0.15) is 0 Å². The average molecular weight is 293 g/mol. The lowest BCUT2D eigenvalue weighted by molar-refractivity contribution is 0.0941. The molecule has 0 radical (unpaired) electrons. The van der Waals surface area contributed by atoms with Crippen molar-refractivity contribution in [3.8, 4) is 0 Å². The Morgan fingerprint density at radius 1 is 1.33 bits per heavy atom. The first-order valence-electron chi connectivity index (χ1n) is 7.64. The SMILES string of the molecule is CCCOCCCNC(=O)c1cc(NC)nc(C(C)C)c1. The zero-order chi connectivity index (χ0) is 15.7. The number of nitrogens with one attached hydrogen (secondary N) is 2. The molecule has 0 unspecified atom stereocenters. The van der Waals surface area contributed by atoms with E-state index in [2.05, 4.69) is 36.4 Å². The summed E-state index contributed by atoms with van der Waals surface area (Å²) in [5, 5.41) is 5.92. The van der Waals surface area contributed by atoms with Gasteiger partial charge in [-0.1, -0.05) is 20.8 Å². The van der Waals surface area contributed by atoms with Crippen LogP contribution in [0.2, 0.25) is 0 Å². The van der Waals surface area contributed by atoms with Gasteiger partial charge in [0.05, 0.1) is 0 Å². The normalized spacial score (nSPS) is 10.7. The molecule has 0 bridgehead atoms.